The summed E-state index contributed by atoms with van der Waals surface area (Å²) in [6.45, 7) is -0.131. The normalized spacial score (nSPS) is 10.0. The number of carbonyl (C=O) groups is 2. The van der Waals surface area contributed by atoms with Crippen LogP contribution >= 0.6 is 23.2 Å². The van der Waals surface area contributed by atoms with Crippen molar-refractivity contribution in [2.45, 2.75) is 0 Å². The Morgan fingerprint density at radius 2 is 1.67 bits per heavy atom. The van der Waals surface area contributed by atoms with E-state index >= 15 is 0 Å². The molecule has 2 rings (SSSR count). The van der Waals surface area contributed by atoms with Gasteiger partial charge in [0.2, 0.25) is 5.91 Å². The number of benzene rings is 2. The monoisotopic (exact) mass is 322 g/mol. The lowest BCUT2D eigenvalue weighted by Crippen LogP contribution is -2.32. The molecule has 4 nitrogen and oxygen atoms in total. The van der Waals surface area contributed by atoms with Crippen molar-refractivity contribution in [3.63, 3.8) is 0 Å². The molecule has 0 aliphatic carbocycles. The molecule has 0 atom stereocenters. The molecule has 108 valence electrons. The Balaban J connectivity index is 1.86. The van der Waals surface area contributed by atoms with Gasteiger partial charge in [0, 0.05) is 21.3 Å². The standard InChI is InChI=1S/C15H12Cl2N2O2/c16-11-4-6-13(7-5-11)19-14(20)9-18-15(21)10-2-1-3-12(17)8-10/h1-8H,9H2,(H,18,21)(H,19,20). The molecular weight excluding hydrogens is 311 g/mol. The van der Waals surface area contributed by atoms with Crippen molar-refractivity contribution < 1.29 is 9.59 Å². The molecular formula is C15H12Cl2N2O2. The molecule has 0 saturated carbocycles. The molecule has 2 aromatic carbocycles. The number of anilines is 1. The molecule has 0 saturated heterocycles. The zero-order valence-electron chi connectivity index (χ0n) is 10.9. The van der Waals surface area contributed by atoms with Crippen LogP contribution in [0.15, 0.2) is 48.5 Å². The van der Waals surface area contributed by atoms with Crippen LogP contribution in [-0.4, -0.2) is 18.4 Å². The van der Waals surface area contributed by atoms with Crippen molar-refractivity contribution in [1.82, 2.24) is 5.32 Å². The Labute approximate surface area is 132 Å². The maximum Gasteiger partial charge on any atom is 0.251 e. The molecule has 2 N–H and O–H groups in total. The van der Waals surface area contributed by atoms with Gasteiger partial charge in [-0.3, -0.25) is 9.59 Å². The van der Waals surface area contributed by atoms with Crippen LogP contribution < -0.4 is 10.6 Å². The number of halogens is 2. The van der Waals surface area contributed by atoms with E-state index in [0.717, 1.165) is 0 Å². The molecule has 6 heteroatoms. The van der Waals surface area contributed by atoms with Crippen molar-refractivity contribution in [1.29, 1.82) is 0 Å². The predicted octanol–water partition coefficient (Wildman–Crippen LogP) is 3.36. The van der Waals surface area contributed by atoms with E-state index < -0.39 is 0 Å². The first-order valence-corrected chi connectivity index (χ1v) is 6.89. The van der Waals surface area contributed by atoms with Gasteiger partial charge in [-0.2, -0.15) is 0 Å². The molecule has 21 heavy (non-hydrogen) atoms. The highest BCUT2D eigenvalue weighted by molar-refractivity contribution is 6.31. The maximum absolute atomic E-state index is 11.8. The molecule has 2 aromatic rings. The van der Waals surface area contributed by atoms with Gasteiger partial charge in [-0.25, -0.2) is 0 Å². The summed E-state index contributed by atoms with van der Waals surface area (Å²) >= 11 is 11.6. The molecule has 0 fully saturated rings. The Bertz CT molecular complexity index is 657. The van der Waals surface area contributed by atoms with E-state index in [-0.39, 0.29) is 18.4 Å². The van der Waals surface area contributed by atoms with Crippen LogP contribution in [0.2, 0.25) is 10.0 Å². The Morgan fingerprint density at radius 1 is 0.952 bits per heavy atom. The second-order valence-electron chi connectivity index (χ2n) is 4.25. The molecule has 0 aliphatic heterocycles. The smallest absolute Gasteiger partial charge is 0.251 e. The van der Waals surface area contributed by atoms with Crippen molar-refractivity contribution in [2.24, 2.45) is 0 Å². The molecule has 0 aliphatic rings. The van der Waals surface area contributed by atoms with Gasteiger partial charge in [0.25, 0.3) is 5.91 Å². The van der Waals surface area contributed by atoms with Crippen molar-refractivity contribution in [3.8, 4) is 0 Å². The Kier molecular flexibility index (Phi) is 5.20. The van der Waals surface area contributed by atoms with Gasteiger partial charge in [0.15, 0.2) is 0 Å². The van der Waals surface area contributed by atoms with Crippen LogP contribution in [0.5, 0.6) is 0 Å². The Hall–Kier alpha value is -2.04. The highest BCUT2D eigenvalue weighted by Crippen LogP contribution is 2.13. The molecule has 0 bridgehead atoms. The fourth-order valence-corrected chi connectivity index (χ4v) is 1.95. The van der Waals surface area contributed by atoms with Crippen LogP contribution in [0, 0.1) is 0 Å². The van der Waals surface area contributed by atoms with E-state index in [2.05, 4.69) is 10.6 Å². The highest BCUT2D eigenvalue weighted by atomic mass is 35.5. The van der Waals surface area contributed by atoms with Crippen LogP contribution in [0.3, 0.4) is 0 Å². The Morgan fingerprint density at radius 3 is 2.33 bits per heavy atom. The summed E-state index contributed by atoms with van der Waals surface area (Å²) in [5.41, 5.74) is 1.02. The number of hydrogen-bond donors (Lipinski definition) is 2. The predicted molar refractivity (Wildman–Crippen MR) is 83.9 cm³/mol. The minimum atomic E-state index is -0.358. The van der Waals surface area contributed by atoms with E-state index in [9.17, 15) is 9.59 Å². The molecule has 0 unspecified atom stereocenters. The van der Waals surface area contributed by atoms with Gasteiger partial charge in [0.05, 0.1) is 6.54 Å². The molecule has 0 aromatic heterocycles. The van der Waals surface area contributed by atoms with E-state index in [1.807, 2.05) is 0 Å². The third-order valence-corrected chi connectivity index (χ3v) is 3.11. The number of hydrogen-bond acceptors (Lipinski definition) is 2. The van der Waals surface area contributed by atoms with Gasteiger partial charge in [-0.15, -0.1) is 0 Å². The lowest BCUT2D eigenvalue weighted by atomic mass is 10.2. The van der Waals surface area contributed by atoms with E-state index in [0.29, 0.717) is 21.3 Å². The van der Waals surface area contributed by atoms with Crippen molar-refractivity contribution in [3.05, 3.63) is 64.1 Å². The molecule has 2 amide bonds. The van der Waals surface area contributed by atoms with Gasteiger partial charge in [-0.1, -0.05) is 29.3 Å². The number of nitrogens with one attached hydrogen (secondary N) is 2. The topological polar surface area (TPSA) is 58.2 Å². The minimum Gasteiger partial charge on any atom is -0.343 e. The van der Waals surface area contributed by atoms with E-state index in [1.165, 1.54) is 6.07 Å². The fraction of sp³-hybridized carbons (Fsp3) is 0.0667. The first-order chi connectivity index (χ1) is 10.0. The quantitative estimate of drug-likeness (QED) is 0.906. The van der Waals surface area contributed by atoms with Crippen molar-refractivity contribution in [2.75, 3.05) is 11.9 Å². The lowest BCUT2D eigenvalue weighted by Gasteiger charge is -2.07. The first-order valence-electron chi connectivity index (χ1n) is 6.14. The summed E-state index contributed by atoms with van der Waals surface area (Å²) < 4.78 is 0. The summed E-state index contributed by atoms with van der Waals surface area (Å²) in [5, 5.41) is 6.22. The largest absolute Gasteiger partial charge is 0.343 e. The average Bonchev–Trinajstić information content (AvgIpc) is 2.47. The van der Waals surface area contributed by atoms with Gasteiger partial charge in [-0.05, 0) is 42.5 Å². The van der Waals surface area contributed by atoms with Crippen LogP contribution in [0.4, 0.5) is 5.69 Å². The third-order valence-electron chi connectivity index (χ3n) is 2.62. The first kappa shape index (κ1) is 15.4. The number of amides is 2. The van der Waals surface area contributed by atoms with E-state index in [1.54, 1.807) is 42.5 Å². The molecule has 0 heterocycles. The van der Waals surface area contributed by atoms with Crippen molar-refractivity contribution >= 4 is 40.7 Å². The molecule has 0 radical (unpaired) electrons. The van der Waals surface area contributed by atoms with Crippen LogP contribution in [-0.2, 0) is 4.79 Å². The van der Waals surface area contributed by atoms with E-state index in [4.69, 9.17) is 23.2 Å². The average molecular weight is 323 g/mol. The summed E-state index contributed by atoms with van der Waals surface area (Å²) in [6, 6.07) is 13.2. The molecule has 0 spiro atoms. The van der Waals surface area contributed by atoms with Gasteiger partial charge < -0.3 is 10.6 Å². The summed E-state index contributed by atoms with van der Waals surface area (Å²) in [7, 11) is 0. The second kappa shape index (κ2) is 7.11. The maximum atomic E-state index is 11.8. The highest BCUT2D eigenvalue weighted by Gasteiger charge is 2.08. The van der Waals surface area contributed by atoms with Gasteiger partial charge in [0.1, 0.15) is 0 Å². The lowest BCUT2D eigenvalue weighted by molar-refractivity contribution is -0.115. The number of carbonyl (C=O) groups excluding carboxylic acids is 2. The fourth-order valence-electron chi connectivity index (χ4n) is 1.63. The zero-order chi connectivity index (χ0) is 15.2. The number of rotatable bonds is 4. The second-order valence-corrected chi connectivity index (χ2v) is 5.12. The van der Waals surface area contributed by atoms with Crippen LogP contribution in [0.25, 0.3) is 0 Å². The summed E-state index contributed by atoms with van der Waals surface area (Å²) in [6.07, 6.45) is 0. The summed E-state index contributed by atoms with van der Waals surface area (Å²) in [5.74, 6) is -0.684. The third kappa shape index (κ3) is 4.77. The minimum absolute atomic E-state index is 0.131. The zero-order valence-corrected chi connectivity index (χ0v) is 12.4. The summed E-state index contributed by atoms with van der Waals surface area (Å²) in [4.78, 5) is 23.5. The SMILES string of the molecule is O=C(CNC(=O)c1cccc(Cl)c1)Nc1ccc(Cl)cc1. The van der Waals surface area contributed by atoms with Gasteiger partial charge >= 0.3 is 0 Å². The van der Waals surface area contributed by atoms with Crippen LogP contribution in [0.1, 0.15) is 10.4 Å².